The highest BCUT2D eigenvalue weighted by Crippen LogP contribution is 2.26. The van der Waals surface area contributed by atoms with E-state index >= 15 is 0 Å². The van der Waals surface area contributed by atoms with Gasteiger partial charge in [0.05, 0.1) is 6.61 Å². The molecule has 2 rings (SSSR count). The average Bonchev–Trinajstić information content (AvgIpc) is 2.81. The van der Waals surface area contributed by atoms with Gasteiger partial charge in [-0.05, 0) is 37.8 Å². The summed E-state index contributed by atoms with van der Waals surface area (Å²) >= 11 is 0. The van der Waals surface area contributed by atoms with Crippen molar-refractivity contribution in [3.8, 4) is 5.75 Å². The van der Waals surface area contributed by atoms with Crippen LogP contribution in [0.4, 0.5) is 5.82 Å². The van der Waals surface area contributed by atoms with Crippen molar-refractivity contribution in [2.75, 3.05) is 18.5 Å². The molecule has 0 aromatic carbocycles. The van der Waals surface area contributed by atoms with Crippen LogP contribution in [0.5, 0.6) is 5.75 Å². The molecule has 0 spiro atoms. The molecule has 0 unspecified atom stereocenters. The van der Waals surface area contributed by atoms with Crippen LogP contribution < -0.4 is 10.1 Å². The quantitative estimate of drug-likeness (QED) is 0.828. The zero-order chi connectivity index (χ0) is 11.2. The van der Waals surface area contributed by atoms with Crippen molar-refractivity contribution in [2.45, 2.75) is 32.6 Å². The molecule has 0 atom stereocenters. The van der Waals surface area contributed by atoms with E-state index in [0.29, 0.717) is 6.61 Å². The Morgan fingerprint density at radius 3 is 3.00 bits per heavy atom. The van der Waals surface area contributed by atoms with Gasteiger partial charge >= 0.3 is 0 Å². The van der Waals surface area contributed by atoms with Gasteiger partial charge in [0.2, 0.25) is 0 Å². The lowest BCUT2D eigenvalue weighted by Crippen LogP contribution is -2.12. The second-order valence-corrected chi connectivity index (χ2v) is 4.31. The normalized spacial score (nSPS) is 16.3. The van der Waals surface area contributed by atoms with E-state index in [1.54, 1.807) is 6.20 Å². The Morgan fingerprint density at radius 2 is 2.25 bits per heavy atom. The van der Waals surface area contributed by atoms with Gasteiger partial charge in [-0.25, -0.2) is 4.98 Å². The lowest BCUT2D eigenvalue weighted by molar-refractivity contribution is 0.340. The summed E-state index contributed by atoms with van der Waals surface area (Å²) in [5, 5.41) is 3.40. The van der Waals surface area contributed by atoms with Crippen LogP contribution in [-0.4, -0.2) is 18.1 Å². The summed E-state index contributed by atoms with van der Waals surface area (Å²) in [7, 11) is 0. The van der Waals surface area contributed by atoms with Crippen molar-refractivity contribution in [3.63, 3.8) is 0 Å². The molecule has 3 heteroatoms. The SMILES string of the molecule is CCOc1cccnc1NCC1CCCC1. The Balaban J connectivity index is 1.91. The number of aromatic nitrogens is 1. The molecule has 0 bridgehead atoms. The average molecular weight is 220 g/mol. The fraction of sp³-hybridized carbons (Fsp3) is 0.615. The van der Waals surface area contributed by atoms with Crippen molar-refractivity contribution in [1.29, 1.82) is 0 Å². The van der Waals surface area contributed by atoms with Gasteiger partial charge in [-0.15, -0.1) is 0 Å². The highest BCUT2D eigenvalue weighted by Gasteiger charge is 2.15. The van der Waals surface area contributed by atoms with Crippen LogP contribution in [0.15, 0.2) is 18.3 Å². The number of anilines is 1. The summed E-state index contributed by atoms with van der Waals surface area (Å²) < 4.78 is 5.53. The molecule has 0 amide bonds. The molecule has 0 saturated heterocycles. The van der Waals surface area contributed by atoms with E-state index in [1.807, 2.05) is 19.1 Å². The van der Waals surface area contributed by atoms with E-state index in [0.717, 1.165) is 24.0 Å². The second-order valence-electron chi connectivity index (χ2n) is 4.31. The highest BCUT2D eigenvalue weighted by atomic mass is 16.5. The van der Waals surface area contributed by atoms with Gasteiger partial charge < -0.3 is 10.1 Å². The molecule has 1 aliphatic rings. The Bertz CT molecular complexity index is 321. The van der Waals surface area contributed by atoms with Crippen LogP contribution in [-0.2, 0) is 0 Å². The molecule has 1 N–H and O–H groups in total. The molecule has 1 aromatic rings. The molecule has 16 heavy (non-hydrogen) atoms. The molecule has 1 saturated carbocycles. The van der Waals surface area contributed by atoms with Crippen LogP contribution in [0.3, 0.4) is 0 Å². The lowest BCUT2D eigenvalue weighted by Gasteiger charge is -2.13. The van der Waals surface area contributed by atoms with E-state index < -0.39 is 0 Å². The van der Waals surface area contributed by atoms with Gasteiger partial charge in [0.1, 0.15) is 0 Å². The maximum Gasteiger partial charge on any atom is 0.168 e. The Hall–Kier alpha value is -1.25. The van der Waals surface area contributed by atoms with Crippen molar-refractivity contribution in [1.82, 2.24) is 4.98 Å². The van der Waals surface area contributed by atoms with Crippen LogP contribution in [0.25, 0.3) is 0 Å². The first-order valence-electron chi connectivity index (χ1n) is 6.22. The van der Waals surface area contributed by atoms with Gasteiger partial charge in [0.25, 0.3) is 0 Å². The number of nitrogens with zero attached hydrogens (tertiary/aromatic N) is 1. The van der Waals surface area contributed by atoms with Crippen molar-refractivity contribution < 1.29 is 4.74 Å². The molecule has 1 fully saturated rings. The summed E-state index contributed by atoms with van der Waals surface area (Å²) in [5.74, 6) is 2.57. The highest BCUT2D eigenvalue weighted by molar-refractivity contribution is 5.49. The minimum atomic E-state index is 0.684. The van der Waals surface area contributed by atoms with E-state index in [4.69, 9.17) is 4.74 Å². The van der Waals surface area contributed by atoms with Crippen LogP contribution in [0, 0.1) is 5.92 Å². The number of hydrogen-bond acceptors (Lipinski definition) is 3. The van der Waals surface area contributed by atoms with E-state index in [1.165, 1.54) is 25.7 Å². The Labute approximate surface area is 97.2 Å². The predicted octanol–water partition coefficient (Wildman–Crippen LogP) is 3.08. The third-order valence-electron chi connectivity index (χ3n) is 3.10. The van der Waals surface area contributed by atoms with Gasteiger partial charge in [-0.1, -0.05) is 12.8 Å². The number of pyridine rings is 1. The third kappa shape index (κ3) is 2.87. The summed E-state index contributed by atoms with van der Waals surface area (Å²) in [6.45, 7) is 3.70. The molecule has 0 radical (unpaired) electrons. The third-order valence-corrected chi connectivity index (χ3v) is 3.10. The zero-order valence-electron chi connectivity index (χ0n) is 9.91. The summed E-state index contributed by atoms with van der Waals surface area (Å²) in [5.41, 5.74) is 0. The van der Waals surface area contributed by atoms with Crippen LogP contribution in [0.2, 0.25) is 0 Å². The van der Waals surface area contributed by atoms with Crippen molar-refractivity contribution >= 4 is 5.82 Å². The number of nitrogens with one attached hydrogen (secondary N) is 1. The van der Waals surface area contributed by atoms with Crippen molar-refractivity contribution in [2.24, 2.45) is 5.92 Å². The summed E-state index contributed by atoms with van der Waals surface area (Å²) in [6, 6.07) is 3.87. The van der Waals surface area contributed by atoms with Gasteiger partial charge in [-0.2, -0.15) is 0 Å². The molecule has 1 aliphatic carbocycles. The first-order valence-corrected chi connectivity index (χ1v) is 6.22. The number of hydrogen-bond donors (Lipinski definition) is 1. The van der Waals surface area contributed by atoms with Crippen LogP contribution >= 0.6 is 0 Å². The van der Waals surface area contributed by atoms with Crippen molar-refractivity contribution in [3.05, 3.63) is 18.3 Å². The summed E-state index contributed by atoms with van der Waals surface area (Å²) in [4.78, 5) is 4.32. The maximum absolute atomic E-state index is 5.53. The zero-order valence-corrected chi connectivity index (χ0v) is 9.91. The molecule has 88 valence electrons. The first kappa shape index (κ1) is 11.2. The molecule has 0 aliphatic heterocycles. The topological polar surface area (TPSA) is 34.1 Å². The second kappa shape index (κ2) is 5.73. The lowest BCUT2D eigenvalue weighted by atomic mass is 10.1. The predicted molar refractivity (Wildman–Crippen MR) is 65.9 cm³/mol. The Kier molecular flexibility index (Phi) is 4.03. The standard InChI is InChI=1S/C13H20N2O/c1-2-16-12-8-5-9-14-13(12)15-10-11-6-3-4-7-11/h5,8-9,11H,2-4,6-7,10H2,1H3,(H,14,15). The minimum Gasteiger partial charge on any atom is -0.490 e. The van der Waals surface area contributed by atoms with Gasteiger partial charge in [0, 0.05) is 12.7 Å². The Morgan fingerprint density at radius 1 is 1.44 bits per heavy atom. The van der Waals surface area contributed by atoms with Crippen LogP contribution in [0.1, 0.15) is 32.6 Å². The van der Waals surface area contributed by atoms with E-state index in [-0.39, 0.29) is 0 Å². The molecule has 1 heterocycles. The van der Waals surface area contributed by atoms with E-state index in [2.05, 4.69) is 10.3 Å². The molecule has 1 aromatic heterocycles. The smallest absolute Gasteiger partial charge is 0.168 e. The number of rotatable bonds is 5. The number of ether oxygens (including phenoxy) is 1. The largest absolute Gasteiger partial charge is 0.490 e. The summed E-state index contributed by atoms with van der Waals surface area (Å²) in [6.07, 6.45) is 7.27. The molecule has 3 nitrogen and oxygen atoms in total. The minimum absolute atomic E-state index is 0.684. The van der Waals surface area contributed by atoms with Gasteiger partial charge in [-0.3, -0.25) is 0 Å². The fourth-order valence-electron chi connectivity index (χ4n) is 2.25. The van der Waals surface area contributed by atoms with Gasteiger partial charge in [0.15, 0.2) is 11.6 Å². The monoisotopic (exact) mass is 220 g/mol. The van der Waals surface area contributed by atoms with E-state index in [9.17, 15) is 0 Å². The molecular weight excluding hydrogens is 200 g/mol. The molecular formula is C13H20N2O. The maximum atomic E-state index is 5.53. The fourth-order valence-corrected chi connectivity index (χ4v) is 2.25. The first-order chi connectivity index (χ1) is 7.90.